The molecule has 3 nitrogen and oxygen atoms in total. The maximum atomic E-state index is 8.42. The van der Waals surface area contributed by atoms with Crippen molar-refractivity contribution in [2.24, 2.45) is 0 Å². The van der Waals surface area contributed by atoms with Crippen LogP contribution in [0.1, 0.15) is 0 Å². The van der Waals surface area contributed by atoms with Crippen molar-refractivity contribution in [1.29, 1.82) is 0 Å². The number of hydrogen-bond donors (Lipinski definition) is 0. The van der Waals surface area contributed by atoms with Crippen LogP contribution >= 0.6 is 0 Å². The second-order valence-corrected chi connectivity index (χ2v) is 0.289. The average Bonchev–Trinajstić information content (AvgIpc) is 0.811. The molecule has 0 aromatic rings. The quantitative estimate of drug-likeness (QED) is 0.272. The van der Waals surface area contributed by atoms with E-state index in [1.54, 1.807) is 0 Å². The fourth-order valence-electron chi connectivity index (χ4n) is 0. The van der Waals surface area contributed by atoms with Gasteiger partial charge in [-0.2, -0.15) is 0 Å². The predicted octanol–water partition coefficient (Wildman–Crippen LogP) is -6.94. The molecule has 24 valence electrons. The fourth-order valence-corrected chi connectivity index (χ4v) is 0. The summed E-state index contributed by atoms with van der Waals surface area (Å²) in [5.41, 5.74) is 0. The first-order valence-electron chi connectivity index (χ1n) is 0.707. The molecule has 0 bridgehead atoms. The summed E-state index contributed by atoms with van der Waals surface area (Å²) in [7, 11) is -2.92. The molecule has 0 N–H and O–H groups in total. The Kier molecular flexibility index (Phi) is 9.24. The van der Waals surface area contributed by atoms with Crippen molar-refractivity contribution >= 4 is 7.32 Å². The van der Waals surface area contributed by atoms with E-state index in [4.69, 9.17) is 15.1 Å². The van der Waals surface area contributed by atoms with E-state index < -0.39 is 7.32 Å². The molecule has 0 aromatic carbocycles. The predicted molar refractivity (Wildman–Crippen MR) is 5.75 cm³/mol. The maximum absolute atomic E-state index is 8.42. The van der Waals surface area contributed by atoms with Gasteiger partial charge in [0.1, 0.15) is 0 Å². The summed E-state index contributed by atoms with van der Waals surface area (Å²) in [5, 5.41) is 25.2. The SMILES string of the molecule is [Na+].[O-]B([O-])[O-]. The van der Waals surface area contributed by atoms with Crippen molar-refractivity contribution in [2.75, 3.05) is 0 Å². The van der Waals surface area contributed by atoms with Gasteiger partial charge in [0.2, 0.25) is 0 Å². The first-order chi connectivity index (χ1) is 1.73. The van der Waals surface area contributed by atoms with E-state index >= 15 is 0 Å². The molecule has 0 amide bonds. The molecule has 0 aromatic heterocycles. The Morgan fingerprint density at radius 3 is 1.00 bits per heavy atom. The van der Waals surface area contributed by atoms with Gasteiger partial charge in [0, 0.05) is 0 Å². The Morgan fingerprint density at radius 1 is 1.00 bits per heavy atom. The zero-order valence-electron chi connectivity index (χ0n) is 2.80. The molecule has 0 unspecified atom stereocenters. The van der Waals surface area contributed by atoms with Gasteiger partial charge in [-0.3, -0.25) is 7.32 Å². The molecule has 0 saturated heterocycles. The molecule has 0 fully saturated rings. The monoisotopic (exact) mass is 82.0 g/mol. The second kappa shape index (κ2) is 4.94. The Morgan fingerprint density at radius 2 is 1.00 bits per heavy atom. The van der Waals surface area contributed by atoms with Gasteiger partial charge in [0.15, 0.2) is 0 Å². The Balaban J connectivity index is 0. The van der Waals surface area contributed by atoms with Gasteiger partial charge in [-0.1, -0.05) is 0 Å². The Hall–Kier alpha value is 0.945. The first-order valence-corrected chi connectivity index (χ1v) is 0.707. The van der Waals surface area contributed by atoms with Crippen LogP contribution in [0.4, 0.5) is 0 Å². The Labute approximate surface area is 52.1 Å². The van der Waals surface area contributed by atoms with Crippen molar-refractivity contribution in [1.82, 2.24) is 0 Å². The largest absolute Gasteiger partial charge is 1.00 e. The molecule has 0 aliphatic rings. The molecular weight excluding hydrogens is 81.8 g/mol. The average molecular weight is 81.8 g/mol. The zero-order valence-corrected chi connectivity index (χ0v) is 4.80. The fraction of sp³-hybridized carbons (Fsp3) is 0. The van der Waals surface area contributed by atoms with E-state index in [1.165, 1.54) is 0 Å². The molecule has 0 rings (SSSR count). The minimum atomic E-state index is -2.92. The third-order valence-electron chi connectivity index (χ3n) is 0. The van der Waals surface area contributed by atoms with Crippen LogP contribution in [0.2, 0.25) is 0 Å². The summed E-state index contributed by atoms with van der Waals surface area (Å²) < 4.78 is 0. The van der Waals surface area contributed by atoms with E-state index in [0.717, 1.165) is 0 Å². The third kappa shape index (κ3) is 48.0. The minimum absolute atomic E-state index is 0. The Bertz CT molecular complexity index is 11.6. The minimum Gasteiger partial charge on any atom is -0.907 e. The maximum Gasteiger partial charge on any atom is 1.00 e. The standard InChI is InChI=1S/BO3.Na/c2-1(3)4;/q-3;+1. The van der Waals surface area contributed by atoms with Crippen molar-refractivity contribution in [2.45, 2.75) is 0 Å². The van der Waals surface area contributed by atoms with Crippen LogP contribution in [0.5, 0.6) is 0 Å². The van der Waals surface area contributed by atoms with E-state index in [9.17, 15) is 0 Å². The first kappa shape index (κ1) is 9.34. The molecule has 0 aliphatic carbocycles. The van der Waals surface area contributed by atoms with Crippen LogP contribution in [0, 0.1) is 0 Å². The van der Waals surface area contributed by atoms with Crippen molar-refractivity contribution < 1.29 is 44.6 Å². The van der Waals surface area contributed by atoms with Crippen LogP contribution in [0.3, 0.4) is 0 Å². The van der Waals surface area contributed by atoms with Gasteiger partial charge in [0.25, 0.3) is 0 Å². The third-order valence-corrected chi connectivity index (χ3v) is 0. The molecule has 0 atom stereocenters. The molecule has 0 heterocycles. The van der Waals surface area contributed by atoms with Gasteiger partial charge in [-0.05, 0) is 0 Å². The topological polar surface area (TPSA) is 69.2 Å². The smallest absolute Gasteiger partial charge is 0.907 e. The second-order valence-electron chi connectivity index (χ2n) is 0.289. The van der Waals surface area contributed by atoms with Crippen molar-refractivity contribution in [3.63, 3.8) is 0 Å². The molecular formula is BNaO3-2. The van der Waals surface area contributed by atoms with E-state index in [-0.39, 0.29) is 29.6 Å². The molecule has 5 heavy (non-hydrogen) atoms. The summed E-state index contributed by atoms with van der Waals surface area (Å²) >= 11 is 0. The molecule has 0 aliphatic heterocycles. The van der Waals surface area contributed by atoms with Crippen LogP contribution < -0.4 is 44.6 Å². The summed E-state index contributed by atoms with van der Waals surface area (Å²) in [6, 6.07) is 0. The number of rotatable bonds is 0. The van der Waals surface area contributed by atoms with Gasteiger partial charge < -0.3 is 15.1 Å². The van der Waals surface area contributed by atoms with E-state index in [1.807, 2.05) is 0 Å². The molecule has 0 radical (unpaired) electrons. The van der Waals surface area contributed by atoms with Gasteiger partial charge in [-0.25, -0.2) is 0 Å². The van der Waals surface area contributed by atoms with Gasteiger partial charge in [0.05, 0.1) is 0 Å². The van der Waals surface area contributed by atoms with Gasteiger partial charge >= 0.3 is 29.6 Å². The molecule has 0 spiro atoms. The van der Waals surface area contributed by atoms with Gasteiger partial charge in [-0.15, -0.1) is 0 Å². The van der Waals surface area contributed by atoms with Crippen molar-refractivity contribution in [3.8, 4) is 0 Å². The molecule has 0 saturated carbocycles. The van der Waals surface area contributed by atoms with Crippen LogP contribution in [0.15, 0.2) is 0 Å². The zero-order chi connectivity index (χ0) is 3.58. The molecule has 5 heteroatoms. The summed E-state index contributed by atoms with van der Waals surface area (Å²) in [6.45, 7) is 0. The van der Waals surface area contributed by atoms with Crippen LogP contribution in [-0.2, 0) is 0 Å². The van der Waals surface area contributed by atoms with E-state index in [0.29, 0.717) is 0 Å². The normalized spacial score (nSPS) is 5.40. The summed E-state index contributed by atoms with van der Waals surface area (Å²) in [4.78, 5) is 0. The summed E-state index contributed by atoms with van der Waals surface area (Å²) in [5.74, 6) is 0. The van der Waals surface area contributed by atoms with Crippen LogP contribution in [-0.4, -0.2) is 7.32 Å². The summed E-state index contributed by atoms with van der Waals surface area (Å²) in [6.07, 6.45) is 0. The van der Waals surface area contributed by atoms with Crippen LogP contribution in [0.25, 0.3) is 0 Å². The van der Waals surface area contributed by atoms with Crippen molar-refractivity contribution in [3.05, 3.63) is 0 Å². The number of hydrogen-bond acceptors (Lipinski definition) is 3. The van der Waals surface area contributed by atoms with E-state index in [2.05, 4.69) is 0 Å².